The van der Waals surface area contributed by atoms with Crippen LogP contribution in [0.2, 0.25) is 0 Å². The monoisotopic (exact) mass is 376 g/mol. The number of benzene rings is 1. The number of morpholine rings is 1. The maximum atomic E-state index is 5.76. The van der Waals surface area contributed by atoms with Crippen molar-refractivity contribution in [1.82, 2.24) is 10.2 Å². The Bertz CT molecular complexity index is 603. The van der Waals surface area contributed by atoms with Gasteiger partial charge in [0.2, 0.25) is 0 Å². The second-order valence-electron chi connectivity index (χ2n) is 6.76. The Labute approximate surface area is 162 Å². The maximum Gasteiger partial charge on any atom is 0.195 e. The number of rotatable bonds is 7. The second-order valence-corrected chi connectivity index (χ2v) is 6.76. The summed E-state index contributed by atoms with van der Waals surface area (Å²) in [6, 6.07) is 5.93. The van der Waals surface area contributed by atoms with Crippen LogP contribution in [-0.4, -0.2) is 70.0 Å². The predicted octanol–water partition coefficient (Wildman–Crippen LogP) is 2.34. The fourth-order valence-electron chi connectivity index (χ4n) is 3.15. The highest BCUT2D eigenvalue weighted by molar-refractivity contribution is 5.93. The van der Waals surface area contributed by atoms with E-state index in [0.717, 1.165) is 88.3 Å². The molecular weight excluding hydrogens is 344 g/mol. The summed E-state index contributed by atoms with van der Waals surface area (Å²) >= 11 is 0. The molecular formula is C20H32N4O3. The topological polar surface area (TPSA) is 67.4 Å². The summed E-state index contributed by atoms with van der Waals surface area (Å²) in [6.07, 6.45) is 3.15. The van der Waals surface area contributed by atoms with Crippen molar-refractivity contribution in [2.45, 2.75) is 26.2 Å². The van der Waals surface area contributed by atoms with Gasteiger partial charge in [0.15, 0.2) is 17.5 Å². The van der Waals surface area contributed by atoms with Crippen LogP contribution in [0.1, 0.15) is 26.2 Å². The van der Waals surface area contributed by atoms with Crippen molar-refractivity contribution in [3.8, 4) is 11.5 Å². The lowest BCUT2D eigenvalue weighted by molar-refractivity contribution is 0.0373. The molecule has 1 saturated heterocycles. The van der Waals surface area contributed by atoms with Gasteiger partial charge < -0.3 is 24.8 Å². The summed E-state index contributed by atoms with van der Waals surface area (Å²) in [4.78, 5) is 7.17. The quantitative estimate of drug-likeness (QED) is 0.433. The molecule has 2 aliphatic rings. The third kappa shape index (κ3) is 6.59. The highest BCUT2D eigenvalue weighted by Crippen LogP contribution is 2.32. The third-order valence-corrected chi connectivity index (χ3v) is 4.61. The normalized spacial score (nSPS) is 18.0. The SMILES string of the molecule is CCNC(=NCCCCN1CCOCC1)Nc1ccc2c(c1)OCCCO2. The Morgan fingerprint density at radius 2 is 1.89 bits per heavy atom. The Hall–Kier alpha value is -1.99. The number of hydrogen-bond donors (Lipinski definition) is 2. The number of anilines is 1. The molecule has 0 radical (unpaired) electrons. The molecule has 1 aromatic carbocycles. The van der Waals surface area contributed by atoms with Crippen LogP contribution in [0.5, 0.6) is 11.5 Å². The standard InChI is InChI=1S/C20H32N4O3/c1-2-21-20(22-8-3-4-9-24-10-14-25-15-11-24)23-17-6-7-18-19(16-17)27-13-5-12-26-18/h6-7,16H,2-5,8-15H2,1H3,(H2,21,22,23). The summed E-state index contributed by atoms with van der Waals surface area (Å²) in [5.41, 5.74) is 0.951. The van der Waals surface area contributed by atoms with Gasteiger partial charge in [0.25, 0.3) is 0 Å². The van der Waals surface area contributed by atoms with E-state index in [0.29, 0.717) is 13.2 Å². The molecule has 1 fully saturated rings. The van der Waals surface area contributed by atoms with Crippen LogP contribution >= 0.6 is 0 Å². The number of unbranched alkanes of at least 4 members (excludes halogenated alkanes) is 1. The number of nitrogens with zero attached hydrogens (tertiary/aromatic N) is 2. The molecule has 0 aliphatic carbocycles. The lowest BCUT2D eigenvalue weighted by atomic mass is 10.2. The first-order valence-corrected chi connectivity index (χ1v) is 10.1. The average Bonchev–Trinajstić information content (AvgIpc) is 2.93. The van der Waals surface area contributed by atoms with E-state index in [1.54, 1.807) is 0 Å². The van der Waals surface area contributed by atoms with Gasteiger partial charge in [-0.05, 0) is 38.4 Å². The van der Waals surface area contributed by atoms with E-state index in [9.17, 15) is 0 Å². The lowest BCUT2D eigenvalue weighted by Gasteiger charge is -2.26. The van der Waals surface area contributed by atoms with Crippen LogP contribution in [0.25, 0.3) is 0 Å². The van der Waals surface area contributed by atoms with E-state index < -0.39 is 0 Å². The minimum absolute atomic E-state index is 0.688. The maximum absolute atomic E-state index is 5.76. The second kappa shape index (κ2) is 11.0. The summed E-state index contributed by atoms with van der Waals surface area (Å²) < 4.78 is 16.8. The predicted molar refractivity (Wildman–Crippen MR) is 108 cm³/mol. The smallest absolute Gasteiger partial charge is 0.195 e. The van der Waals surface area contributed by atoms with E-state index in [2.05, 4.69) is 22.5 Å². The van der Waals surface area contributed by atoms with E-state index in [1.807, 2.05) is 18.2 Å². The Kier molecular flexibility index (Phi) is 8.04. The number of guanidine groups is 1. The minimum atomic E-state index is 0.688. The Balaban J connectivity index is 1.47. The zero-order valence-corrected chi connectivity index (χ0v) is 16.3. The van der Waals surface area contributed by atoms with Crippen molar-refractivity contribution in [2.75, 3.05) is 64.5 Å². The minimum Gasteiger partial charge on any atom is -0.490 e. The van der Waals surface area contributed by atoms with Gasteiger partial charge in [-0.25, -0.2) is 0 Å². The molecule has 0 spiro atoms. The molecule has 3 rings (SSSR count). The highest BCUT2D eigenvalue weighted by atomic mass is 16.5. The molecule has 7 heteroatoms. The molecule has 0 saturated carbocycles. The van der Waals surface area contributed by atoms with Gasteiger partial charge in [-0.2, -0.15) is 0 Å². The molecule has 2 N–H and O–H groups in total. The molecule has 0 unspecified atom stereocenters. The van der Waals surface area contributed by atoms with Gasteiger partial charge in [0.05, 0.1) is 26.4 Å². The highest BCUT2D eigenvalue weighted by Gasteiger charge is 2.11. The first-order valence-electron chi connectivity index (χ1n) is 10.1. The van der Waals surface area contributed by atoms with Crippen LogP contribution in [0, 0.1) is 0 Å². The number of ether oxygens (including phenoxy) is 3. The number of fused-ring (bicyclic) bond motifs is 1. The first kappa shape index (κ1) is 19.8. The third-order valence-electron chi connectivity index (χ3n) is 4.61. The number of hydrogen-bond acceptors (Lipinski definition) is 5. The largest absolute Gasteiger partial charge is 0.490 e. The van der Waals surface area contributed by atoms with Crippen molar-refractivity contribution in [3.05, 3.63) is 18.2 Å². The van der Waals surface area contributed by atoms with Crippen molar-refractivity contribution >= 4 is 11.6 Å². The van der Waals surface area contributed by atoms with Crippen molar-refractivity contribution in [1.29, 1.82) is 0 Å². The van der Waals surface area contributed by atoms with Gasteiger partial charge >= 0.3 is 0 Å². The summed E-state index contributed by atoms with van der Waals surface area (Å²) in [6.45, 7) is 10.1. The molecule has 0 amide bonds. The van der Waals surface area contributed by atoms with Crippen molar-refractivity contribution in [3.63, 3.8) is 0 Å². The summed E-state index contributed by atoms with van der Waals surface area (Å²) in [5.74, 6) is 2.40. The summed E-state index contributed by atoms with van der Waals surface area (Å²) in [7, 11) is 0. The van der Waals surface area contributed by atoms with Gasteiger partial charge in [0.1, 0.15) is 0 Å². The Morgan fingerprint density at radius 1 is 1.07 bits per heavy atom. The zero-order valence-electron chi connectivity index (χ0n) is 16.3. The Morgan fingerprint density at radius 3 is 2.70 bits per heavy atom. The molecule has 2 aliphatic heterocycles. The van der Waals surface area contributed by atoms with Crippen LogP contribution in [0.15, 0.2) is 23.2 Å². The van der Waals surface area contributed by atoms with Crippen molar-refractivity contribution < 1.29 is 14.2 Å². The average molecular weight is 377 g/mol. The van der Waals surface area contributed by atoms with Gasteiger partial charge in [-0.3, -0.25) is 9.89 Å². The van der Waals surface area contributed by atoms with E-state index in [4.69, 9.17) is 19.2 Å². The van der Waals surface area contributed by atoms with Crippen LogP contribution in [0.4, 0.5) is 5.69 Å². The molecule has 0 aromatic heterocycles. The molecule has 27 heavy (non-hydrogen) atoms. The van der Waals surface area contributed by atoms with Gasteiger partial charge in [-0.15, -0.1) is 0 Å². The molecule has 0 atom stereocenters. The van der Waals surface area contributed by atoms with Crippen molar-refractivity contribution in [2.24, 2.45) is 4.99 Å². The van der Waals surface area contributed by atoms with Crippen LogP contribution in [0.3, 0.4) is 0 Å². The number of aliphatic imine (C=N–C) groups is 1. The fourth-order valence-corrected chi connectivity index (χ4v) is 3.15. The molecule has 2 heterocycles. The van der Waals surface area contributed by atoms with E-state index >= 15 is 0 Å². The lowest BCUT2D eigenvalue weighted by Crippen LogP contribution is -2.36. The van der Waals surface area contributed by atoms with E-state index in [-0.39, 0.29) is 0 Å². The summed E-state index contributed by atoms with van der Waals surface area (Å²) in [5, 5.41) is 6.67. The fraction of sp³-hybridized carbons (Fsp3) is 0.650. The van der Waals surface area contributed by atoms with Crippen LogP contribution < -0.4 is 20.1 Å². The first-order chi connectivity index (χ1) is 13.3. The molecule has 150 valence electrons. The zero-order chi connectivity index (χ0) is 18.7. The van der Waals surface area contributed by atoms with E-state index in [1.165, 1.54) is 0 Å². The van der Waals surface area contributed by atoms with Gasteiger partial charge in [0, 0.05) is 44.4 Å². The van der Waals surface area contributed by atoms with Crippen LogP contribution in [-0.2, 0) is 4.74 Å². The molecule has 0 bridgehead atoms. The number of nitrogens with one attached hydrogen (secondary N) is 2. The van der Waals surface area contributed by atoms with Gasteiger partial charge in [-0.1, -0.05) is 0 Å². The molecule has 7 nitrogen and oxygen atoms in total. The molecule has 1 aromatic rings.